The van der Waals surface area contributed by atoms with E-state index in [4.69, 9.17) is 0 Å². The highest BCUT2D eigenvalue weighted by Crippen LogP contribution is 2.27. The predicted molar refractivity (Wildman–Crippen MR) is 87.4 cm³/mol. The molecule has 0 saturated heterocycles. The van der Waals surface area contributed by atoms with E-state index in [0.717, 1.165) is 37.1 Å². The molecule has 3 nitrogen and oxygen atoms in total. The number of pyridine rings is 1. The van der Waals surface area contributed by atoms with Gasteiger partial charge in [-0.25, -0.2) is 4.98 Å². The summed E-state index contributed by atoms with van der Waals surface area (Å²) in [5.41, 5.74) is 1.03. The van der Waals surface area contributed by atoms with Gasteiger partial charge in [0.25, 0.3) is 0 Å². The van der Waals surface area contributed by atoms with E-state index in [9.17, 15) is 5.11 Å². The van der Waals surface area contributed by atoms with Crippen LogP contribution in [-0.2, 0) is 0 Å². The van der Waals surface area contributed by atoms with Crippen LogP contribution < -0.4 is 5.32 Å². The summed E-state index contributed by atoms with van der Waals surface area (Å²) in [6, 6.07) is 12.3. The maximum Gasteiger partial charge on any atom is 0.126 e. The van der Waals surface area contributed by atoms with Crippen LogP contribution in [0, 0.1) is 5.92 Å². The number of anilines is 1. The molecule has 3 heteroatoms. The molecule has 21 heavy (non-hydrogen) atoms. The lowest BCUT2D eigenvalue weighted by molar-refractivity contribution is 0.0648. The Morgan fingerprint density at radius 3 is 2.86 bits per heavy atom. The van der Waals surface area contributed by atoms with Crippen molar-refractivity contribution in [2.24, 2.45) is 5.92 Å². The van der Waals surface area contributed by atoms with Crippen molar-refractivity contribution in [3.05, 3.63) is 36.4 Å². The first-order valence-corrected chi connectivity index (χ1v) is 8.11. The molecule has 1 aliphatic carbocycles. The third-order valence-electron chi connectivity index (χ3n) is 4.53. The number of aromatic nitrogens is 1. The molecule has 3 rings (SSSR count). The minimum atomic E-state index is -0.0717. The van der Waals surface area contributed by atoms with E-state index in [1.165, 1.54) is 24.6 Å². The Hall–Kier alpha value is -1.61. The predicted octanol–water partition coefficient (Wildman–Crippen LogP) is 3.98. The van der Waals surface area contributed by atoms with Crippen molar-refractivity contribution < 1.29 is 5.11 Å². The maximum absolute atomic E-state index is 9.97. The van der Waals surface area contributed by atoms with Crippen molar-refractivity contribution in [1.29, 1.82) is 0 Å². The van der Waals surface area contributed by atoms with Crippen LogP contribution >= 0.6 is 0 Å². The van der Waals surface area contributed by atoms with Crippen LogP contribution in [0.1, 0.15) is 38.5 Å². The zero-order chi connectivity index (χ0) is 14.5. The standard InChI is InChI=1S/C18H24N2O/c21-17-10-4-2-7-15(17)8-5-13-19-18-12-11-14-6-1-3-9-16(14)20-18/h1,3,6,9,11-12,15,17,21H,2,4-5,7-8,10,13H2,(H,19,20). The molecule has 1 aliphatic rings. The number of benzene rings is 1. The Bertz CT molecular complexity index is 584. The molecule has 0 bridgehead atoms. The van der Waals surface area contributed by atoms with Gasteiger partial charge in [-0.2, -0.15) is 0 Å². The molecule has 1 saturated carbocycles. The van der Waals surface area contributed by atoms with Gasteiger partial charge < -0.3 is 10.4 Å². The summed E-state index contributed by atoms with van der Waals surface area (Å²) in [6.07, 6.45) is 6.79. The van der Waals surface area contributed by atoms with Crippen molar-refractivity contribution in [1.82, 2.24) is 4.98 Å². The molecule has 2 atom stereocenters. The van der Waals surface area contributed by atoms with Crippen molar-refractivity contribution in [2.75, 3.05) is 11.9 Å². The van der Waals surface area contributed by atoms with E-state index < -0.39 is 0 Å². The van der Waals surface area contributed by atoms with E-state index in [1.807, 2.05) is 24.3 Å². The van der Waals surface area contributed by atoms with Gasteiger partial charge in [0.2, 0.25) is 0 Å². The number of nitrogens with zero attached hydrogens (tertiary/aromatic N) is 1. The topological polar surface area (TPSA) is 45.1 Å². The third kappa shape index (κ3) is 3.73. The number of fused-ring (bicyclic) bond motifs is 1. The third-order valence-corrected chi connectivity index (χ3v) is 4.53. The smallest absolute Gasteiger partial charge is 0.126 e. The van der Waals surface area contributed by atoms with Gasteiger partial charge in [0, 0.05) is 11.9 Å². The van der Waals surface area contributed by atoms with Gasteiger partial charge in [-0.15, -0.1) is 0 Å². The van der Waals surface area contributed by atoms with Gasteiger partial charge in [-0.1, -0.05) is 31.0 Å². The van der Waals surface area contributed by atoms with E-state index >= 15 is 0 Å². The molecule has 0 aliphatic heterocycles. The van der Waals surface area contributed by atoms with E-state index in [0.29, 0.717) is 5.92 Å². The molecular weight excluding hydrogens is 260 g/mol. The minimum absolute atomic E-state index is 0.0717. The first-order valence-electron chi connectivity index (χ1n) is 8.11. The lowest BCUT2D eigenvalue weighted by atomic mass is 9.83. The van der Waals surface area contributed by atoms with Crippen LogP contribution in [0.4, 0.5) is 5.82 Å². The number of nitrogens with one attached hydrogen (secondary N) is 1. The molecule has 1 heterocycles. The number of para-hydroxylation sites is 1. The second-order valence-corrected chi connectivity index (χ2v) is 6.07. The highest BCUT2D eigenvalue weighted by Gasteiger charge is 2.22. The highest BCUT2D eigenvalue weighted by atomic mass is 16.3. The Morgan fingerprint density at radius 2 is 1.95 bits per heavy atom. The summed E-state index contributed by atoms with van der Waals surface area (Å²) in [4.78, 5) is 4.61. The Balaban J connectivity index is 1.48. The normalized spacial score (nSPS) is 22.3. The van der Waals surface area contributed by atoms with Gasteiger partial charge in [0.15, 0.2) is 0 Å². The van der Waals surface area contributed by atoms with E-state index in [1.54, 1.807) is 0 Å². The molecule has 0 radical (unpaired) electrons. The fourth-order valence-electron chi connectivity index (χ4n) is 3.27. The number of aliphatic hydroxyl groups excluding tert-OH is 1. The summed E-state index contributed by atoms with van der Waals surface area (Å²) in [6.45, 7) is 0.925. The minimum Gasteiger partial charge on any atom is -0.393 e. The number of hydrogen-bond acceptors (Lipinski definition) is 3. The van der Waals surface area contributed by atoms with Gasteiger partial charge in [0.1, 0.15) is 5.82 Å². The molecule has 1 fully saturated rings. The second-order valence-electron chi connectivity index (χ2n) is 6.07. The first kappa shape index (κ1) is 14.3. The van der Waals surface area contributed by atoms with Crippen LogP contribution in [0.2, 0.25) is 0 Å². The zero-order valence-corrected chi connectivity index (χ0v) is 12.5. The molecule has 2 unspecified atom stereocenters. The molecular formula is C18H24N2O. The van der Waals surface area contributed by atoms with Crippen LogP contribution in [0.3, 0.4) is 0 Å². The van der Waals surface area contributed by atoms with E-state index in [2.05, 4.69) is 22.4 Å². The fraction of sp³-hybridized carbons (Fsp3) is 0.500. The zero-order valence-electron chi connectivity index (χ0n) is 12.5. The molecule has 0 spiro atoms. The molecule has 2 aromatic rings. The summed E-state index contributed by atoms with van der Waals surface area (Å²) < 4.78 is 0. The first-order chi connectivity index (χ1) is 10.3. The molecule has 0 amide bonds. The lowest BCUT2D eigenvalue weighted by Gasteiger charge is -2.27. The summed E-state index contributed by atoms with van der Waals surface area (Å²) in [7, 11) is 0. The van der Waals surface area contributed by atoms with Crippen molar-refractivity contribution in [3.63, 3.8) is 0 Å². The second kappa shape index (κ2) is 6.90. The molecule has 112 valence electrons. The largest absolute Gasteiger partial charge is 0.393 e. The Morgan fingerprint density at radius 1 is 1.10 bits per heavy atom. The summed E-state index contributed by atoms with van der Waals surface area (Å²) >= 11 is 0. The number of hydrogen-bond donors (Lipinski definition) is 2. The number of aliphatic hydroxyl groups is 1. The Kier molecular flexibility index (Phi) is 4.71. The average molecular weight is 284 g/mol. The fourth-order valence-corrected chi connectivity index (χ4v) is 3.27. The SMILES string of the molecule is OC1CCCCC1CCCNc1ccc2ccccc2n1. The summed E-state index contributed by atoms with van der Waals surface area (Å²) in [5, 5.41) is 14.5. The van der Waals surface area contributed by atoms with E-state index in [-0.39, 0.29) is 6.10 Å². The summed E-state index contributed by atoms with van der Waals surface area (Å²) in [5.74, 6) is 1.45. The van der Waals surface area contributed by atoms with Crippen LogP contribution in [0.5, 0.6) is 0 Å². The lowest BCUT2D eigenvalue weighted by Crippen LogP contribution is -2.24. The quantitative estimate of drug-likeness (QED) is 0.816. The number of rotatable bonds is 5. The average Bonchev–Trinajstić information content (AvgIpc) is 2.53. The molecule has 2 N–H and O–H groups in total. The monoisotopic (exact) mass is 284 g/mol. The van der Waals surface area contributed by atoms with Crippen LogP contribution in [-0.4, -0.2) is 22.7 Å². The molecule has 1 aromatic heterocycles. The van der Waals surface area contributed by atoms with Crippen molar-refractivity contribution in [3.8, 4) is 0 Å². The van der Waals surface area contributed by atoms with Crippen molar-refractivity contribution in [2.45, 2.75) is 44.6 Å². The van der Waals surface area contributed by atoms with Gasteiger partial charge in [-0.3, -0.25) is 0 Å². The van der Waals surface area contributed by atoms with Crippen LogP contribution in [0.25, 0.3) is 10.9 Å². The van der Waals surface area contributed by atoms with Gasteiger partial charge in [-0.05, 0) is 49.8 Å². The van der Waals surface area contributed by atoms with Gasteiger partial charge in [0.05, 0.1) is 11.6 Å². The van der Waals surface area contributed by atoms with Crippen molar-refractivity contribution >= 4 is 16.7 Å². The van der Waals surface area contributed by atoms with Gasteiger partial charge >= 0.3 is 0 Å². The van der Waals surface area contributed by atoms with Crippen LogP contribution in [0.15, 0.2) is 36.4 Å². The Labute approximate surface area is 126 Å². The maximum atomic E-state index is 9.97. The molecule has 1 aromatic carbocycles. The highest BCUT2D eigenvalue weighted by molar-refractivity contribution is 5.79.